The molecule has 0 atom stereocenters. The number of hydrogen-bond donors (Lipinski definition) is 2. The van der Waals surface area contributed by atoms with Gasteiger partial charge in [-0.25, -0.2) is 5.84 Å². The quantitative estimate of drug-likeness (QED) is 0.249. The van der Waals surface area contributed by atoms with Crippen LogP contribution in [0.3, 0.4) is 0 Å². The van der Waals surface area contributed by atoms with Crippen LogP contribution >= 0.6 is 0 Å². The first-order chi connectivity index (χ1) is 8.19. The Bertz CT molecular complexity index is 231. The highest BCUT2D eigenvalue weighted by Gasteiger charge is 2.22. The predicted molar refractivity (Wildman–Crippen MR) is 72.8 cm³/mol. The fraction of sp³-hybridized carbons (Fsp3) is 0.917. The van der Waals surface area contributed by atoms with Crippen LogP contribution in [0.25, 0.3) is 0 Å². The molecule has 1 saturated heterocycles. The van der Waals surface area contributed by atoms with Crippen LogP contribution in [-0.2, 0) is 0 Å². The maximum Gasteiger partial charge on any atom is 0.208 e. The van der Waals surface area contributed by atoms with Gasteiger partial charge >= 0.3 is 0 Å². The number of rotatable bonds is 4. The maximum atomic E-state index is 5.55. The molecule has 17 heavy (non-hydrogen) atoms. The number of guanidine groups is 1. The Morgan fingerprint density at radius 1 is 1.41 bits per heavy atom. The second-order valence-electron chi connectivity index (χ2n) is 4.89. The molecule has 1 heterocycles. The van der Waals surface area contributed by atoms with Gasteiger partial charge in [0.05, 0.1) is 0 Å². The molecule has 1 rings (SSSR count). The summed E-state index contributed by atoms with van der Waals surface area (Å²) in [6.07, 6.45) is 4.66. The highest BCUT2D eigenvalue weighted by atomic mass is 15.4. The summed E-state index contributed by atoms with van der Waals surface area (Å²) in [4.78, 5) is 9.08. The van der Waals surface area contributed by atoms with Crippen molar-refractivity contribution in [2.24, 2.45) is 10.8 Å². The van der Waals surface area contributed by atoms with E-state index < -0.39 is 0 Å². The highest BCUT2D eigenvalue weighted by molar-refractivity contribution is 5.79. The first kappa shape index (κ1) is 14.3. The van der Waals surface area contributed by atoms with E-state index in [4.69, 9.17) is 5.84 Å². The van der Waals surface area contributed by atoms with Gasteiger partial charge in [0, 0.05) is 25.7 Å². The molecule has 5 heteroatoms. The number of nitrogens with zero attached hydrogens (tertiary/aromatic N) is 3. The summed E-state index contributed by atoms with van der Waals surface area (Å²) in [5, 5.41) is 0. The van der Waals surface area contributed by atoms with Gasteiger partial charge in [-0.1, -0.05) is 13.3 Å². The van der Waals surface area contributed by atoms with Gasteiger partial charge in [-0.05, 0) is 33.4 Å². The first-order valence-corrected chi connectivity index (χ1v) is 6.61. The molecule has 0 aromatic rings. The zero-order valence-electron chi connectivity index (χ0n) is 11.4. The number of aliphatic imine (C=N–C) groups is 1. The van der Waals surface area contributed by atoms with Crippen LogP contribution in [0.2, 0.25) is 0 Å². The molecule has 0 amide bonds. The van der Waals surface area contributed by atoms with E-state index in [-0.39, 0.29) is 0 Å². The lowest BCUT2D eigenvalue weighted by atomic mass is 10.0. The number of hydrogen-bond acceptors (Lipinski definition) is 3. The molecule has 0 bridgehead atoms. The smallest absolute Gasteiger partial charge is 0.208 e. The number of piperidine rings is 1. The Kier molecular flexibility index (Phi) is 6.29. The summed E-state index contributed by atoms with van der Waals surface area (Å²) in [5.74, 6) is 6.40. The van der Waals surface area contributed by atoms with Crippen LogP contribution in [0.15, 0.2) is 4.99 Å². The van der Waals surface area contributed by atoms with E-state index in [0.717, 1.165) is 32.0 Å². The normalized spacial score (nSPS) is 18.9. The number of likely N-dealkylation sites (tertiary alicyclic amines) is 1. The topological polar surface area (TPSA) is 56.9 Å². The van der Waals surface area contributed by atoms with Gasteiger partial charge in [0.1, 0.15) is 0 Å². The van der Waals surface area contributed by atoms with E-state index in [1.807, 2.05) is 0 Å². The molecule has 0 radical (unpaired) electrons. The summed E-state index contributed by atoms with van der Waals surface area (Å²) in [5.41, 5.74) is 2.74. The Morgan fingerprint density at radius 3 is 2.53 bits per heavy atom. The van der Waals surface area contributed by atoms with Crippen LogP contribution in [0.4, 0.5) is 0 Å². The third-order valence-corrected chi connectivity index (χ3v) is 3.40. The fourth-order valence-corrected chi connectivity index (χ4v) is 2.17. The minimum Gasteiger partial charge on any atom is -0.342 e. The lowest BCUT2D eigenvalue weighted by Crippen LogP contribution is -2.50. The zero-order chi connectivity index (χ0) is 12.7. The Hall–Kier alpha value is -0.810. The molecule has 1 aliphatic rings. The minimum absolute atomic E-state index is 0.695. The van der Waals surface area contributed by atoms with Crippen molar-refractivity contribution in [1.82, 2.24) is 15.2 Å². The average Bonchev–Trinajstić information content (AvgIpc) is 2.35. The molecule has 5 nitrogen and oxygen atoms in total. The predicted octanol–water partition coefficient (Wildman–Crippen LogP) is 0.632. The van der Waals surface area contributed by atoms with Gasteiger partial charge in [0.25, 0.3) is 0 Å². The number of nitrogens with one attached hydrogen (secondary N) is 1. The monoisotopic (exact) mass is 241 g/mol. The van der Waals surface area contributed by atoms with Gasteiger partial charge in [-0.15, -0.1) is 0 Å². The zero-order valence-corrected chi connectivity index (χ0v) is 11.4. The largest absolute Gasteiger partial charge is 0.342 e. The van der Waals surface area contributed by atoms with Crippen LogP contribution in [0.5, 0.6) is 0 Å². The van der Waals surface area contributed by atoms with Crippen molar-refractivity contribution >= 4 is 5.96 Å². The molecule has 0 aliphatic carbocycles. The minimum atomic E-state index is 0.695. The van der Waals surface area contributed by atoms with E-state index in [1.54, 1.807) is 0 Å². The summed E-state index contributed by atoms with van der Waals surface area (Å²) < 4.78 is 0. The third kappa shape index (κ3) is 4.52. The molecule has 1 aliphatic heterocycles. The molecule has 100 valence electrons. The van der Waals surface area contributed by atoms with Crippen molar-refractivity contribution in [3.05, 3.63) is 0 Å². The van der Waals surface area contributed by atoms with Crippen molar-refractivity contribution in [1.29, 1.82) is 0 Å². The van der Waals surface area contributed by atoms with Crippen molar-refractivity contribution in [2.45, 2.75) is 38.6 Å². The van der Waals surface area contributed by atoms with Gasteiger partial charge in [0.15, 0.2) is 0 Å². The number of hydrazine groups is 1. The highest BCUT2D eigenvalue weighted by Crippen LogP contribution is 2.14. The first-order valence-electron chi connectivity index (χ1n) is 6.61. The van der Waals surface area contributed by atoms with Gasteiger partial charge < -0.3 is 9.80 Å². The summed E-state index contributed by atoms with van der Waals surface area (Å²) >= 11 is 0. The lowest BCUT2D eigenvalue weighted by Gasteiger charge is -2.36. The lowest BCUT2D eigenvalue weighted by molar-refractivity contribution is 0.188. The van der Waals surface area contributed by atoms with Crippen molar-refractivity contribution in [2.75, 3.05) is 33.7 Å². The Balaban J connectivity index is 2.42. The Morgan fingerprint density at radius 2 is 2.06 bits per heavy atom. The molecule has 0 spiro atoms. The molecule has 3 N–H and O–H groups in total. The van der Waals surface area contributed by atoms with Crippen LogP contribution in [0, 0.1) is 0 Å². The van der Waals surface area contributed by atoms with Crippen molar-refractivity contribution in [3.63, 3.8) is 0 Å². The SMILES string of the molecule is CCCCN=C(NN)N1CCC(N(C)C)CC1. The van der Waals surface area contributed by atoms with E-state index >= 15 is 0 Å². The molecule has 0 aromatic carbocycles. The molecule has 0 unspecified atom stereocenters. The van der Waals surface area contributed by atoms with Crippen LogP contribution < -0.4 is 11.3 Å². The average molecular weight is 241 g/mol. The second-order valence-corrected chi connectivity index (χ2v) is 4.89. The third-order valence-electron chi connectivity index (χ3n) is 3.40. The van der Waals surface area contributed by atoms with E-state index in [1.165, 1.54) is 19.3 Å². The standard InChI is InChI=1S/C12H27N5/c1-4-5-8-14-12(15-13)17-9-6-11(7-10-17)16(2)3/h11H,4-10,13H2,1-3H3,(H,14,15). The van der Waals surface area contributed by atoms with Crippen molar-refractivity contribution in [3.8, 4) is 0 Å². The van der Waals surface area contributed by atoms with E-state index in [2.05, 4.69) is 41.2 Å². The molecule has 0 aromatic heterocycles. The summed E-state index contributed by atoms with van der Waals surface area (Å²) in [6, 6.07) is 0.695. The number of unbranched alkanes of at least 4 members (excludes halogenated alkanes) is 1. The Labute approximate surface area is 105 Å². The molecular formula is C12H27N5. The van der Waals surface area contributed by atoms with Crippen molar-refractivity contribution < 1.29 is 0 Å². The summed E-state index contributed by atoms with van der Waals surface area (Å²) in [6.45, 7) is 5.12. The van der Waals surface area contributed by atoms with Gasteiger partial charge in [0.2, 0.25) is 5.96 Å². The van der Waals surface area contributed by atoms with E-state index in [9.17, 15) is 0 Å². The molecular weight excluding hydrogens is 214 g/mol. The second kappa shape index (κ2) is 7.50. The fourth-order valence-electron chi connectivity index (χ4n) is 2.17. The van der Waals surface area contributed by atoms with E-state index in [0.29, 0.717) is 6.04 Å². The van der Waals surface area contributed by atoms with Gasteiger partial charge in [-0.2, -0.15) is 0 Å². The van der Waals surface area contributed by atoms with Crippen LogP contribution in [0.1, 0.15) is 32.6 Å². The molecule has 1 fully saturated rings. The summed E-state index contributed by atoms with van der Waals surface area (Å²) in [7, 11) is 4.30. The molecule has 0 saturated carbocycles. The number of nitrogens with two attached hydrogens (primary N) is 1. The maximum absolute atomic E-state index is 5.55. The van der Waals surface area contributed by atoms with Crippen LogP contribution in [-0.4, -0.2) is 55.5 Å². The van der Waals surface area contributed by atoms with Gasteiger partial charge in [-0.3, -0.25) is 10.4 Å².